The second kappa shape index (κ2) is 3.96. The molecule has 0 aliphatic carbocycles. The number of H-pyrrole nitrogens is 1. The Hall–Kier alpha value is -1.09. The molecule has 3 nitrogen and oxygen atoms in total. The Bertz CT molecular complexity index is 360. The fourth-order valence-corrected chi connectivity index (χ4v) is 1.10. The maximum Gasteiger partial charge on any atom is 0.186 e. The molecule has 0 bridgehead atoms. The number of rotatable bonds is 2. The molecule has 0 radical (unpaired) electrons. The van der Waals surface area contributed by atoms with Crippen molar-refractivity contribution in [2.24, 2.45) is 0 Å². The molecule has 14 heavy (non-hydrogen) atoms. The van der Waals surface area contributed by atoms with Gasteiger partial charge in [-0.15, -0.1) is 0 Å². The van der Waals surface area contributed by atoms with Crippen LogP contribution in [0.3, 0.4) is 0 Å². The van der Waals surface area contributed by atoms with E-state index in [1.807, 2.05) is 6.92 Å². The first kappa shape index (κ1) is 11.0. The smallest absolute Gasteiger partial charge is 0.186 e. The first-order valence-corrected chi connectivity index (χ1v) is 4.82. The zero-order chi connectivity index (χ0) is 10.8. The van der Waals surface area contributed by atoms with Crippen molar-refractivity contribution in [3.8, 4) is 0 Å². The fraction of sp³-hybridized carbons (Fsp3) is 0.545. The van der Waals surface area contributed by atoms with Crippen LogP contribution in [0.2, 0.25) is 0 Å². The monoisotopic (exact) mass is 194 g/mol. The number of aromatic amines is 1. The van der Waals surface area contributed by atoms with Crippen LogP contribution in [0.15, 0.2) is 17.1 Å². The van der Waals surface area contributed by atoms with E-state index in [4.69, 9.17) is 0 Å². The maximum atomic E-state index is 11.5. The minimum Gasteiger partial charge on any atom is -0.365 e. The molecule has 0 aromatic carbocycles. The molecular weight excluding hydrogens is 176 g/mol. The maximum absolute atomic E-state index is 11.5. The molecular formula is C11H18N2O. The van der Waals surface area contributed by atoms with Crippen LogP contribution in [0.25, 0.3) is 0 Å². The minimum atomic E-state index is 0.0390. The molecule has 1 aromatic heterocycles. The molecule has 1 heterocycles. The van der Waals surface area contributed by atoms with Crippen molar-refractivity contribution < 1.29 is 0 Å². The Morgan fingerprint density at radius 3 is 2.57 bits per heavy atom. The zero-order valence-corrected chi connectivity index (χ0v) is 9.27. The molecule has 1 rings (SSSR count). The lowest BCUT2D eigenvalue weighted by Gasteiger charge is -2.20. The lowest BCUT2D eigenvalue weighted by Crippen LogP contribution is -2.36. The highest BCUT2D eigenvalue weighted by Crippen LogP contribution is 2.00. The average Bonchev–Trinajstić information content (AvgIpc) is 2.00. The first-order chi connectivity index (χ1) is 6.38. The second-order valence-electron chi connectivity index (χ2n) is 4.61. The Morgan fingerprint density at radius 1 is 1.43 bits per heavy atom. The summed E-state index contributed by atoms with van der Waals surface area (Å²) in [7, 11) is 0. The van der Waals surface area contributed by atoms with E-state index in [9.17, 15) is 4.79 Å². The predicted octanol–water partition coefficient (Wildman–Crippen LogP) is 1.57. The summed E-state index contributed by atoms with van der Waals surface area (Å²) in [5.74, 6) is 0. The molecule has 0 saturated heterocycles. The Labute approximate surface area is 84.6 Å². The van der Waals surface area contributed by atoms with Crippen LogP contribution in [0.5, 0.6) is 0 Å². The van der Waals surface area contributed by atoms with E-state index in [2.05, 4.69) is 31.1 Å². The van der Waals surface area contributed by atoms with Crippen LogP contribution in [0, 0.1) is 6.92 Å². The molecule has 0 amide bonds. The average molecular weight is 194 g/mol. The van der Waals surface area contributed by atoms with E-state index >= 15 is 0 Å². The van der Waals surface area contributed by atoms with Crippen molar-refractivity contribution >= 4 is 0 Å². The van der Waals surface area contributed by atoms with E-state index in [0.29, 0.717) is 6.54 Å². The molecule has 0 atom stereocenters. The lowest BCUT2D eigenvalue weighted by molar-refractivity contribution is 0.423. The van der Waals surface area contributed by atoms with Crippen LogP contribution < -0.4 is 10.7 Å². The molecule has 78 valence electrons. The summed E-state index contributed by atoms with van der Waals surface area (Å²) >= 11 is 0. The third-order valence-electron chi connectivity index (χ3n) is 1.95. The summed E-state index contributed by atoms with van der Waals surface area (Å²) in [5, 5.41) is 3.28. The van der Waals surface area contributed by atoms with E-state index < -0.39 is 0 Å². The van der Waals surface area contributed by atoms with Gasteiger partial charge in [-0.2, -0.15) is 0 Å². The third-order valence-corrected chi connectivity index (χ3v) is 1.95. The summed E-state index contributed by atoms with van der Waals surface area (Å²) in [4.78, 5) is 14.5. The van der Waals surface area contributed by atoms with Crippen molar-refractivity contribution in [1.82, 2.24) is 10.3 Å². The van der Waals surface area contributed by atoms with Crippen LogP contribution in [0.4, 0.5) is 0 Å². The van der Waals surface area contributed by atoms with E-state index in [1.165, 1.54) is 0 Å². The van der Waals surface area contributed by atoms with Crippen molar-refractivity contribution in [2.45, 2.75) is 39.8 Å². The van der Waals surface area contributed by atoms with Gasteiger partial charge in [-0.25, -0.2) is 0 Å². The third kappa shape index (κ3) is 3.34. The summed E-state index contributed by atoms with van der Waals surface area (Å²) in [6, 6.07) is 1.62. The van der Waals surface area contributed by atoms with Gasteiger partial charge in [-0.1, -0.05) is 0 Å². The molecule has 0 spiro atoms. The molecule has 0 unspecified atom stereocenters. The quantitative estimate of drug-likeness (QED) is 0.750. The van der Waals surface area contributed by atoms with Gasteiger partial charge in [0.2, 0.25) is 0 Å². The molecule has 0 fully saturated rings. The molecule has 2 N–H and O–H groups in total. The van der Waals surface area contributed by atoms with E-state index in [0.717, 1.165) is 11.3 Å². The number of aromatic nitrogens is 1. The van der Waals surface area contributed by atoms with Crippen LogP contribution in [-0.4, -0.2) is 10.5 Å². The molecule has 3 heteroatoms. The van der Waals surface area contributed by atoms with Crippen LogP contribution in [-0.2, 0) is 6.54 Å². The molecule has 0 saturated carbocycles. The zero-order valence-electron chi connectivity index (χ0n) is 9.27. The molecule has 1 aromatic rings. The van der Waals surface area contributed by atoms with Gasteiger partial charge in [-0.05, 0) is 27.7 Å². The van der Waals surface area contributed by atoms with Gasteiger partial charge in [-0.3, -0.25) is 4.79 Å². The van der Waals surface area contributed by atoms with E-state index in [-0.39, 0.29) is 11.0 Å². The van der Waals surface area contributed by atoms with Gasteiger partial charge < -0.3 is 10.3 Å². The van der Waals surface area contributed by atoms with Crippen LogP contribution >= 0.6 is 0 Å². The van der Waals surface area contributed by atoms with Gasteiger partial charge in [0.05, 0.1) is 0 Å². The van der Waals surface area contributed by atoms with Crippen molar-refractivity contribution in [2.75, 3.05) is 0 Å². The Morgan fingerprint density at radius 2 is 2.07 bits per heavy atom. The highest BCUT2D eigenvalue weighted by atomic mass is 16.1. The number of aryl methyl sites for hydroxylation is 1. The van der Waals surface area contributed by atoms with Crippen molar-refractivity contribution in [1.29, 1.82) is 0 Å². The summed E-state index contributed by atoms with van der Waals surface area (Å²) < 4.78 is 0. The summed E-state index contributed by atoms with van der Waals surface area (Å²) in [5.41, 5.74) is 1.81. The predicted molar refractivity (Wildman–Crippen MR) is 58.4 cm³/mol. The fourth-order valence-electron chi connectivity index (χ4n) is 1.10. The molecule has 0 aliphatic rings. The number of pyridine rings is 1. The van der Waals surface area contributed by atoms with Gasteiger partial charge in [0.15, 0.2) is 5.43 Å². The second-order valence-corrected chi connectivity index (χ2v) is 4.61. The van der Waals surface area contributed by atoms with Gasteiger partial charge in [0.25, 0.3) is 0 Å². The van der Waals surface area contributed by atoms with Gasteiger partial charge >= 0.3 is 0 Å². The number of hydrogen-bond donors (Lipinski definition) is 2. The standard InChI is InChI=1S/C11H18N2O/c1-8-5-10(14)9(6-12-8)7-13-11(2,3)4/h5-6,13H,7H2,1-4H3,(H,12,14). The van der Waals surface area contributed by atoms with Gasteiger partial charge in [0.1, 0.15) is 0 Å². The highest BCUT2D eigenvalue weighted by molar-refractivity contribution is 5.13. The summed E-state index contributed by atoms with van der Waals surface area (Å²) in [6.07, 6.45) is 1.77. The Kier molecular flexibility index (Phi) is 3.11. The van der Waals surface area contributed by atoms with Crippen LogP contribution in [0.1, 0.15) is 32.0 Å². The Balaban J connectivity index is 2.74. The normalized spacial score (nSPS) is 11.7. The van der Waals surface area contributed by atoms with Gasteiger partial charge in [0, 0.05) is 35.6 Å². The number of hydrogen-bond acceptors (Lipinski definition) is 2. The first-order valence-electron chi connectivity index (χ1n) is 4.82. The largest absolute Gasteiger partial charge is 0.365 e. The SMILES string of the molecule is Cc1cc(=O)c(CNC(C)(C)C)c[nH]1. The topological polar surface area (TPSA) is 44.9 Å². The van der Waals surface area contributed by atoms with Crippen molar-refractivity contribution in [3.63, 3.8) is 0 Å². The summed E-state index contributed by atoms with van der Waals surface area (Å²) in [6.45, 7) is 8.72. The lowest BCUT2D eigenvalue weighted by atomic mass is 10.1. The van der Waals surface area contributed by atoms with Crippen molar-refractivity contribution in [3.05, 3.63) is 33.7 Å². The highest BCUT2D eigenvalue weighted by Gasteiger charge is 2.09. The number of nitrogens with one attached hydrogen (secondary N) is 2. The molecule has 0 aliphatic heterocycles. The minimum absolute atomic E-state index is 0.0390. The van der Waals surface area contributed by atoms with E-state index in [1.54, 1.807) is 12.3 Å².